The Hall–Kier alpha value is -3.61. The van der Waals surface area contributed by atoms with Crippen molar-refractivity contribution in [3.05, 3.63) is 70.9 Å². The molecule has 192 valence electrons. The van der Waals surface area contributed by atoms with Crippen LogP contribution in [0.4, 0.5) is 16.3 Å². The van der Waals surface area contributed by atoms with Gasteiger partial charge in [-0.1, -0.05) is 64.4 Å². The molecule has 36 heavy (non-hydrogen) atoms. The van der Waals surface area contributed by atoms with Gasteiger partial charge in [0, 0.05) is 23.7 Å². The van der Waals surface area contributed by atoms with E-state index < -0.39 is 0 Å². The zero-order chi connectivity index (χ0) is 26.6. The summed E-state index contributed by atoms with van der Waals surface area (Å²) in [6.45, 7) is 16.8. The largest absolute Gasteiger partial charge is 0.322 e. The number of aryl methyl sites for hydroxylation is 3. The highest BCUT2D eigenvalue weighted by Gasteiger charge is 2.24. The van der Waals surface area contributed by atoms with E-state index in [1.807, 2.05) is 77.1 Å². The van der Waals surface area contributed by atoms with Crippen molar-refractivity contribution in [2.75, 3.05) is 23.7 Å². The first-order valence-corrected chi connectivity index (χ1v) is 12.4. The van der Waals surface area contributed by atoms with E-state index in [4.69, 9.17) is 5.10 Å². The van der Waals surface area contributed by atoms with E-state index >= 15 is 0 Å². The number of urea groups is 1. The first kappa shape index (κ1) is 27.0. The predicted octanol–water partition coefficient (Wildman–Crippen LogP) is 6.22. The van der Waals surface area contributed by atoms with E-state index in [1.165, 1.54) is 0 Å². The number of carbonyl (C=O) groups excluding carboxylic acids is 2. The van der Waals surface area contributed by atoms with Crippen molar-refractivity contribution in [2.45, 2.75) is 60.8 Å². The molecule has 0 fully saturated rings. The lowest BCUT2D eigenvalue weighted by Gasteiger charge is -2.24. The van der Waals surface area contributed by atoms with Gasteiger partial charge in [0.1, 0.15) is 12.4 Å². The minimum Gasteiger partial charge on any atom is -0.315 e. The van der Waals surface area contributed by atoms with Crippen LogP contribution >= 0.6 is 0 Å². The molecule has 3 aromatic rings. The molecule has 0 saturated carbocycles. The van der Waals surface area contributed by atoms with Crippen molar-refractivity contribution in [2.24, 2.45) is 5.92 Å². The van der Waals surface area contributed by atoms with Gasteiger partial charge in [0.2, 0.25) is 5.91 Å². The van der Waals surface area contributed by atoms with Crippen LogP contribution in [-0.2, 0) is 10.2 Å². The van der Waals surface area contributed by atoms with Crippen molar-refractivity contribution in [1.82, 2.24) is 14.7 Å². The Morgan fingerprint density at radius 1 is 0.972 bits per heavy atom. The maximum absolute atomic E-state index is 13.2. The van der Waals surface area contributed by atoms with E-state index in [0.717, 1.165) is 28.1 Å². The standard InChI is InChI=1S/C29H39N5O2/c1-19(2)17-33(28(36)30-23-11-9-10-20(3)15-23)18-27(35)31-26-16-25(29(6,7)8)32-34(26)24-13-12-21(4)14-22(24)5/h9-16,19H,17-18H2,1-8H3,(H,30,36)(H,31,35). The molecular formula is C29H39N5O2. The topological polar surface area (TPSA) is 79.3 Å². The van der Waals surface area contributed by atoms with Gasteiger partial charge in [0.05, 0.1) is 11.4 Å². The summed E-state index contributed by atoms with van der Waals surface area (Å²) in [7, 11) is 0. The fourth-order valence-electron chi connectivity index (χ4n) is 4.00. The molecule has 0 atom stereocenters. The molecule has 7 nitrogen and oxygen atoms in total. The Kier molecular flexibility index (Phi) is 8.23. The first-order valence-electron chi connectivity index (χ1n) is 12.4. The Bertz CT molecular complexity index is 1240. The average Bonchev–Trinajstić information content (AvgIpc) is 3.16. The van der Waals surface area contributed by atoms with Gasteiger partial charge in [-0.25, -0.2) is 9.48 Å². The SMILES string of the molecule is Cc1cccc(NC(=O)N(CC(=O)Nc2cc(C(C)(C)C)nn2-c2ccc(C)cc2C)CC(C)C)c1. The second-order valence-corrected chi connectivity index (χ2v) is 11.0. The third-order valence-corrected chi connectivity index (χ3v) is 5.80. The summed E-state index contributed by atoms with van der Waals surface area (Å²) in [5, 5.41) is 10.8. The molecule has 3 amide bonds. The quantitative estimate of drug-likeness (QED) is 0.413. The minimum atomic E-state index is -0.303. The van der Waals surface area contributed by atoms with Crippen LogP contribution in [0.1, 0.15) is 57.0 Å². The molecule has 3 rings (SSSR count). The number of hydrogen-bond acceptors (Lipinski definition) is 3. The van der Waals surface area contributed by atoms with Crippen LogP contribution in [0.25, 0.3) is 5.69 Å². The highest BCUT2D eigenvalue weighted by Crippen LogP contribution is 2.28. The Morgan fingerprint density at radius 2 is 1.67 bits per heavy atom. The third-order valence-electron chi connectivity index (χ3n) is 5.80. The lowest BCUT2D eigenvalue weighted by molar-refractivity contribution is -0.116. The summed E-state index contributed by atoms with van der Waals surface area (Å²) < 4.78 is 1.78. The van der Waals surface area contributed by atoms with E-state index in [9.17, 15) is 9.59 Å². The van der Waals surface area contributed by atoms with E-state index in [0.29, 0.717) is 18.1 Å². The number of nitrogens with one attached hydrogen (secondary N) is 2. The van der Waals surface area contributed by atoms with Crippen LogP contribution in [-0.4, -0.2) is 39.7 Å². The Labute approximate surface area is 214 Å². The molecule has 7 heteroatoms. The number of rotatable bonds is 7. The number of aromatic nitrogens is 2. The lowest BCUT2D eigenvalue weighted by Crippen LogP contribution is -2.42. The molecule has 0 aliphatic carbocycles. The van der Waals surface area contributed by atoms with E-state index in [-0.39, 0.29) is 29.8 Å². The molecule has 0 aliphatic rings. The maximum Gasteiger partial charge on any atom is 0.322 e. The molecule has 2 N–H and O–H groups in total. The molecule has 0 spiro atoms. The molecule has 0 bridgehead atoms. The van der Waals surface area contributed by atoms with E-state index in [2.05, 4.69) is 37.5 Å². The van der Waals surface area contributed by atoms with Gasteiger partial charge in [-0.3, -0.25) is 4.79 Å². The second-order valence-electron chi connectivity index (χ2n) is 11.0. The molecular weight excluding hydrogens is 450 g/mol. The average molecular weight is 490 g/mol. The summed E-state index contributed by atoms with van der Waals surface area (Å²) in [4.78, 5) is 27.8. The highest BCUT2D eigenvalue weighted by atomic mass is 16.2. The molecule has 0 unspecified atom stereocenters. The fraction of sp³-hybridized carbons (Fsp3) is 0.414. The number of hydrogen-bond donors (Lipinski definition) is 2. The van der Waals surface area contributed by atoms with Crippen LogP contribution < -0.4 is 10.6 Å². The lowest BCUT2D eigenvalue weighted by atomic mass is 9.92. The molecule has 0 saturated heterocycles. The number of amides is 3. The van der Waals surface area contributed by atoms with Crippen LogP contribution in [0.5, 0.6) is 0 Å². The van der Waals surface area contributed by atoms with Gasteiger partial charge in [0.25, 0.3) is 0 Å². The number of carbonyl (C=O) groups is 2. The number of benzene rings is 2. The molecule has 2 aromatic carbocycles. The van der Waals surface area contributed by atoms with Crippen molar-refractivity contribution in [1.29, 1.82) is 0 Å². The second kappa shape index (κ2) is 11.0. The number of nitrogens with zero attached hydrogens (tertiary/aromatic N) is 3. The van der Waals surface area contributed by atoms with Crippen molar-refractivity contribution in [3.63, 3.8) is 0 Å². The Balaban J connectivity index is 1.85. The van der Waals surface area contributed by atoms with Gasteiger partial charge in [0.15, 0.2) is 0 Å². The monoisotopic (exact) mass is 489 g/mol. The first-order chi connectivity index (χ1) is 16.8. The van der Waals surface area contributed by atoms with Crippen LogP contribution in [0.3, 0.4) is 0 Å². The van der Waals surface area contributed by atoms with Gasteiger partial charge < -0.3 is 15.5 Å². The van der Waals surface area contributed by atoms with Crippen LogP contribution in [0, 0.1) is 26.7 Å². The van der Waals surface area contributed by atoms with Crippen LogP contribution in [0.2, 0.25) is 0 Å². The molecule has 0 aliphatic heterocycles. The third kappa shape index (κ3) is 6.97. The van der Waals surface area contributed by atoms with Crippen molar-refractivity contribution >= 4 is 23.4 Å². The van der Waals surface area contributed by atoms with Crippen LogP contribution in [0.15, 0.2) is 48.5 Å². The van der Waals surface area contributed by atoms with E-state index in [1.54, 1.807) is 9.58 Å². The fourth-order valence-corrected chi connectivity index (χ4v) is 4.00. The number of anilines is 2. The summed E-state index contributed by atoms with van der Waals surface area (Å²) in [6.07, 6.45) is 0. The molecule has 1 aromatic heterocycles. The van der Waals surface area contributed by atoms with Gasteiger partial charge in [-0.2, -0.15) is 5.10 Å². The smallest absolute Gasteiger partial charge is 0.315 e. The van der Waals surface area contributed by atoms with Crippen molar-refractivity contribution < 1.29 is 9.59 Å². The minimum absolute atomic E-state index is 0.0707. The molecule has 1 heterocycles. The summed E-state index contributed by atoms with van der Waals surface area (Å²) in [6, 6.07) is 15.4. The Morgan fingerprint density at radius 3 is 2.28 bits per heavy atom. The van der Waals surface area contributed by atoms with Gasteiger partial charge in [-0.05, 0) is 56.0 Å². The maximum atomic E-state index is 13.2. The van der Waals surface area contributed by atoms with Gasteiger partial charge in [-0.15, -0.1) is 0 Å². The van der Waals surface area contributed by atoms with Crippen molar-refractivity contribution in [3.8, 4) is 5.69 Å². The summed E-state index contributed by atoms with van der Waals surface area (Å²) >= 11 is 0. The predicted molar refractivity (Wildman–Crippen MR) is 147 cm³/mol. The van der Waals surface area contributed by atoms with Gasteiger partial charge >= 0.3 is 6.03 Å². The highest BCUT2D eigenvalue weighted by molar-refractivity contribution is 5.96. The zero-order valence-corrected chi connectivity index (χ0v) is 22.8. The summed E-state index contributed by atoms with van der Waals surface area (Å²) in [5.41, 5.74) is 5.56. The normalized spacial score (nSPS) is 11.5. The summed E-state index contributed by atoms with van der Waals surface area (Å²) in [5.74, 6) is 0.510. The zero-order valence-electron chi connectivity index (χ0n) is 22.8. The molecule has 0 radical (unpaired) electrons.